The zero-order valence-electron chi connectivity index (χ0n) is 40.1. The molecular weight excluding hydrogens is 851 g/mol. The van der Waals surface area contributed by atoms with Crippen molar-refractivity contribution in [2.75, 3.05) is 0 Å². The van der Waals surface area contributed by atoms with Crippen molar-refractivity contribution in [2.24, 2.45) is 0 Å². The van der Waals surface area contributed by atoms with E-state index in [0.717, 1.165) is 111 Å². The maximum atomic E-state index is 8.85. The molecule has 0 amide bonds. The summed E-state index contributed by atoms with van der Waals surface area (Å²) in [5.74, 6) is 0.531. The quantitative estimate of drug-likeness (QED) is 0.150. The first-order valence-electron chi connectivity index (χ1n) is 23.9. The van der Waals surface area contributed by atoms with E-state index in [1.165, 1.54) is 22.3 Å². The van der Waals surface area contributed by atoms with Gasteiger partial charge in [-0.15, -0.1) is 0 Å². The second-order valence-corrected chi connectivity index (χ2v) is 19.0. The molecule has 70 heavy (non-hydrogen) atoms. The molecule has 0 unspecified atom stereocenters. The van der Waals surface area contributed by atoms with Gasteiger partial charge in [0.05, 0.1) is 40.0 Å². The SMILES string of the molecule is [C-]#[N+]c1cc(-n2c3cc(-c4ccc(C)cc4)ccc3c3ccc(-c4ccc(C)cc4)cc32)c(-n2c3cc(-c4ccc(C)cc4)ccc3c3ccc(-c4ccc(C)cc4)cc32)cc1-c1nc(C)cc(C)n1. The lowest BCUT2D eigenvalue weighted by molar-refractivity contribution is 1.06. The molecule has 0 aliphatic carbocycles. The van der Waals surface area contributed by atoms with Gasteiger partial charge in [0.1, 0.15) is 5.82 Å². The Kier molecular flexibility index (Phi) is 10.2. The molecule has 12 rings (SSSR count). The van der Waals surface area contributed by atoms with Crippen molar-refractivity contribution in [1.29, 1.82) is 0 Å². The Labute approximate surface area is 408 Å². The Morgan fingerprint density at radius 2 is 0.614 bits per heavy atom. The molecular formula is C65H49N5. The molecule has 0 spiro atoms. The van der Waals surface area contributed by atoms with Gasteiger partial charge in [-0.05, 0) is 129 Å². The third-order valence-electron chi connectivity index (χ3n) is 14.0. The summed E-state index contributed by atoms with van der Waals surface area (Å²) < 4.78 is 4.84. The third kappa shape index (κ3) is 7.33. The highest BCUT2D eigenvalue weighted by Crippen LogP contribution is 2.45. The molecule has 9 aromatic carbocycles. The lowest BCUT2D eigenvalue weighted by Gasteiger charge is -2.20. The Morgan fingerprint density at radius 1 is 0.329 bits per heavy atom. The molecule has 0 fully saturated rings. The number of nitrogens with zero attached hydrogens (tertiary/aromatic N) is 5. The van der Waals surface area contributed by atoms with Gasteiger partial charge in [0.15, 0.2) is 5.69 Å². The number of hydrogen-bond acceptors (Lipinski definition) is 2. The average Bonchev–Trinajstić information content (AvgIpc) is 3.87. The maximum Gasteiger partial charge on any atom is 0.200 e. The van der Waals surface area contributed by atoms with Crippen LogP contribution in [-0.2, 0) is 0 Å². The van der Waals surface area contributed by atoms with Gasteiger partial charge < -0.3 is 9.13 Å². The predicted molar refractivity (Wildman–Crippen MR) is 293 cm³/mol. The molecule has 5 heteroatoms. The van der Waals surface area contributed by atoms with E-state index in [9.17, 15) is 0 Å². The van der Waals surface area contributed by atoms with Gasteiger partial charge in [0.25, 0.3) is 0 Å². The van der Waals surface area contributed by atoms with Crippen molar-refractivity contribution in [2.45, 2.75) is 41.5 Å². The number of hydrogen-bond donors (Lipinski definition) is 0. The number of benzene rings is 9. The molecule has 0 aliphatic heterocycles. The van der Waals surface area contributed by atoms with Crippen molar-refractivity contribution in [1.82, 2.24) is 19.1 Å². The number of aromatic nitrogens is 4. The molecule has 334 valence electrons. The second kappa shape index (κ2) is 16.7. The summed E-state index contributed by atoms with van der Waals surface area (Å²) in [6.45, 7) is 21.4. The first kappa shape index (κ1) is 42.5. The van der Waals surface area contributed by atoms with Crippen LogP contribution < -0.4 is 0 Å². The number of fused-ring (bicyclic) bond motifs is 6. The molecule has 0 saturated carbocycles. The van der Waals surface area contributed by atoms with E-state index >= 15 is 0 Å². The van der Waals surface area contributed by atoms with Gasteiger partial charge in [-0.3, -0.25) is 0 Å². The van der Waals surface area contributed by atoms with Crippen molar-refractivity contribution in [3.8, 4) is 67.3 Å². The Bertz CT molecular complexity index is 3860. The summed E-state index contributed by atoms with van der Waals surface area (Å²) in [6.07, 6.45) is 0. The summed E-state index contributed by atoms with van der Waals surface area (Å²) in [7, 11) is 0. The van der Waals surface area contributed by atoms with Crippen LogP contribution in [0.15, 0.2) is 188 Å². The number of aryl methyl sites for hydroxylation is 6. The van der Waals surface area contributed by atoms with Gasteiger partial charge in [0.2, 0.25) is 0 Å². The normalized spacial score (nSPS) is 11.6. The fourth-order valence-corrected chi connectivity index (χ4v) is 10.3. The van der Waals surface area contributed by atoms with E-state index in [1.807, 2.05) is 19.9 Å². The minimum Gasteiger partial charge on any atom is -0.308 e. The van der Waals surface area contributed by atoms with E-state index < -0.39 is 0 Å². The van der Waals surface area contributed by atoms with Crippen LogP contribution in [0.2, 0.25) is 0 Å². The zero-order valence-corrected chi connectivity index (χ0v) is 40.1. The minimum atomic E-state index is 0.476. The molecule has 5 nitrogen and oxygen atoms in total. The fraction of sp³-hybridized carbons (Fsp3) is 0.0923. The van der Waals surface area contributed by atoms with E-state index in [4.69, 9.17) is 16.5 Å². The van der Waals surface area contributed by atoms with Gasteiger partial charge in [-0.25, -0.2) is 14.8 Å². The summed E-state index contributed by atoms with van der Waals surface area (Å²) >= 11 is 0. The topological polar surface area (TPSA) is 40.0 Å². The van der Waals surface area contributed by atoms with Crippen molar-refractivity contribution >= 4 is 49.3 Å². The highest BCUT2D eigenvalue weighted by molar-refractivity contribution is 6.14. The fourth-order valence-electron chi connectivity index (χ4n) is 10.3. The summed E-state index contributed by atoms with van der Waals surface area (Å²) in [5, 5.41) is 4.53. The third-order valence-corrected chi connectivity index (χ3v) is 14.0. The van der Waals surface area contributed by atoms with Gasteiger partial charge in [-0.2, -0.15) is 0 Å². The summed E-state index contributed by atoms with van der Waals surface area (Å²) in [4.78, 5) is 14.3. The molecule has 0 atom stereocenters. The maximum absolute atomic E-state index is 8.85. The van der Waals surface area contributed by atoms with Crippen LogP contribution in [0.3, 0.4) is 0 Å². The van der Waals surface area contributed by atoms with Gasteiger partial charge in [0, 0.05) is 38.5 Å². The van der Waals surface area contributed by atoms with Crippen LogP contribution in [0.4, 0.5) is 5.69 Å². The van der Waals surface area contributed by atoms with Crippen LogP contribution in [-0.4, -0.2) is 19.1 Å². The van der Waals surface area contributed by atoms with Crippen LogP contribution in [0.5, 0.6) is 0 Å². The first-order chi connectivity index (χ1) is 34.1. The smallest absolute Gasteiger partial charge is 0.200 e. The van der Waals surface area contributed by atoms with Gasteiger partial charge >= 0.3 is 0 Å². The molecule has 0 aliphatic rings. The predicted octanol–water partition coefficient (Wildman–Crippen LogP) is 17.4. The van der Waals surface area contributed by atoms with Crippen molar-refractivity contribution in [3.63, 3.8) is 0 Å². The molecule has 0 saturated heterocycles. The average molecular weight is 900 g/mol. The minimum absolute atomic E-state index is 0.476. The van der Waals surface area contributed by atoms with E-state index in [0.29, 0.717) is 17.1 Å². The molecule has 3 heterocycles. The first-order valence-corrected chi connectivity index (χ1v) is 23.9. The molecule has 12 aromatic rings. The van der Waals surface area contributed by atoms with E-state index in [2.05, 4.69) is 224 Å². The lowest BCUT2D eigenvalue weighted by Crippen LogP contribution is -2.05. The molecule has 0 radical (unpaired) electrons. The van der Waals surface area contributed by atoms with Crippen LogP contribution in [0.25, 0.3) is 116 Å². The van der Waals surface area contributed by atoms with E-state index in [1.54, 1.807) is 0 Å². The Morgan fingerprint density at radius 3 is 0.914 bits per heavy atom. The molecule has 0 bridgehead atoms. The number of rotatable bonds is 7. The molecule has 3 aromatic heterocycles. The largest absolute Gasteiger partial charge is 0.308 e. The standard InChI is InChI=1S/C65H49N5/c1-39-8-16-45(17-9-39)49-24-28-53-54-29-25-50(46-18-10-40(2)11-19-46)34-60(54)69(59(53)33-49)63-37-57(65-67-43(5)32-44(6)68-65)58(66-7)38-64(63)70-61-35-51(47-20-12-41(3)13-21-47)26-30-55(61)56-31-27-52(36-62(56)70)48-22-14-42(4)15-23-48/h8-38H,1-6H3. The van der Waals surface area contributed by atoms with Gasteiger partial charge in [-0.1, -0.05) is 168 Å². The summed E-state index contributed by atoms with van der Waals surface area (Å²) in [6, 6.07) is 68.7. The van der Waals surface area contributed by atoms with Crippen LogP contribution in [0, 0.1) is 48.1 Å². The highest BCUT2D eigenvalue weighted by Gasteiger charge is 2.25. The monoisotopic (exact) mass is 899 g/mol. The van der Waals surface area contributed by atoms with Crippen LogP contribution >= 0.6 is 0 Å². The van der Waals surface area contributed by atoms with Crippen molar-refractivity contribution < 1.29 is 0 Å². The van der Waals surface area contributed by atoms with Crippen LogP contribution in [0.1, 0.15) is 33.6 Å². The van der Waals surface area contributed by atoms with Crippen molar-refractivity contribution in [3.05, 3.63) is 233 Å². The Balaban J connectivity index is 1.25. The zero-order chi connectivity index (χ0) is 47.8. The van der Waals surface area contributed by atoms with E-state index in [-0.39, 0.29) is 0 Å². The Hall–Kier alpha value is -8.85. The summed E-state index contributed by atoms with van der Waals surface area (Å²) in [5.41, 5.74) is 22.8. The highest BCUT2D eigenvalue weighted by atomic mass is 15.1. The lowest BCUT2D eigenvalue weighted by atomic mass is 10.0. The molecule has 0 N–H and O–H groups in total. The second-order valence-electron chi connectivity index (χ2n) is 19.0.